The number of carbonyl (C=O) groups excluding carboxylic acids is 2. The Morgan fingerprint density at radius 3 is 2.29 bits per heavy atom. The first-order valence-electron chi connectivity index (χ1n) is 8.74. The first-order chi connectivity index (χ1) is 13.0. The fourth-order valence-electron chi connectivity index (χ4n) is 3.14. The molecule has 3 rings (SSSR count). The van der Waals surface area contributed by atoms with Gasteiger partial charge in [-0.1, -0.05) is 11.6 Å². The third-order valence-corrected chi connectivity index (χ3v) is 4.99. The van der Waals surface area contributed by atoms with Crippen LogP contribution in [-0.4, -0.2) is 26.7 Å². The number of anilines is 1. The summed E-state index contributed by atoms with van der Waals surface area (Å²) < 4.78 is 1.89. The zero-order chi connectivity index (χ0) is 20.8. The highest BCUT2D eigenvalue weighted by Gasteiger charge is 2.35. The van der Waals surface area contributed by atoms with Gasteiger partial charge in [-0.3, -0.25) is 24.5 Å². The molecule has 2 aromatic rings. The fraction of sp³-hybridized carbons (Fsp3) is 0.300. The third-order valence-electron chi connectivity index (χ3n) is 4.46. The number of halogens is 1. The maximum absolute atomic E-state index is 13.1. The number of rotatable bonds is 2. The average molecular weight is 417 g/mol. The highest BCUT2D eigenvalue weighted by molar-refractivity contribution is 7.80. The van der Waals surface area contributed by atoms with E-state index >= 15 is 0 Å². The Bertz CT molecular complexity index is 1020. The normalized spacial score (nSPS) is 16.7. The summed E-state index contributed by atoms with van der Waals surface area (Å²) in [6, 6.07) is 6.67. The van der Waals surface area contributed by atoms with E-state index in [1.807, 2.05) is 39.3 Å². The van der Waals surface area contributed by atoms with E-state index in [-0.39, 0.29) is 16.2 Å². The van der Waals surface area contributed by atoms with Crippen LogP contribution in [0, 0.1) is 13.8 Å². The minimum atomic E-state index is -0.525. The summed E-state index contributed by atoms with van der Waals surface area (Å²) in [5.74, 6) is -1.01. The van der Waals surface area contributed by atoms with Crippen LogP contribution in [0.5, 0.6) is 0 Å². The molecule has 0 radical (unpaired) electrons. The van der Waals surface area contributed by atoms with E-state index in [9.17, 15) is 9.59 Å². The van der Waals surface area contributed by atoms with E-state index < -0.39 is 11.8 Å². The van der Waals surface area contributed by atoms with Gasteiger partial charge in [-0.2, -0.15) is 5.10 Å². The lowest BCUT2D eigenvalue weighted by atomic mass is 10.0. The van der Waals surface area contributed by atoms with Crippen molar-refractivity contribution in [3.05, 3.63) is 51.8 Å². The molecule has 0 spiro atoms. The van der Waals surface area contributed by atoms with Gasteiger partial charge in [-0.05, 0) is 77.2 Å². The number of nitrogens with zero attached hydrogens (tertiary/aromatic N) is 3. The summed E-state index contributed by atoms with van der Waals surface area (Å²) in [5.41, 5.74) is 2.68. The predicted octanol–water partition coefficient (Wildman–Crippen LogP) is 3.74. The molecule has 28 heavy (non-hydrogen) atoms. The summed E-state index contributed by atoms with van der Waals surface area (Å²) in [6.45, 7) is 9.91. The number of carbonyl (C=O) groups is 2. The number of aromatic nitrogens is 2. The van der Waals surface area contributed by atoms with Crippen LogP contribution in [0.3, 0.4) is 0 Å². The number of benzene rings is 1. The molecule has 0 bridgehead atoms. The number of amides is 2. The second-order valence-electron chi connectivity index (χ2n) is 7.60. The molecule has 2 amide bonds. The summed E-state index contributed by atoms with van der Waals surface area (Å²) in [7, 11) is 0. The van der Waals surface area contributed by atoms with Gasteiger partial charge < -0.3 is 0 Å². The minimum Gasteiger partial charge on any atom is -0.298 e. The summed E-state index contributed by atoms with van der Waals surface area (Å²) in [5, 5.41) is 7.74. The van der Waals surface area contributed by atoms with E-state index in [4.69, 9.17) is 23.8 Å². The molecule has 1 aromatic heterocycles. The molecule has 1 saturated heterocycles. The van der Waals surface area contributed by atoms with Crippen LogP contribution in [0.1, 0.15) is 37.7 Å². The molecule has 1 aliphatic heterocycles. The number of thiocarbonyl (C=S) groups is 1. The van der Waals surface area contributed by atoms with Gasteiger partial charge in [0, 0.05) is 16.3 Å². The average Bonchev–Trinajstić information content (AvgIpc) is 2.88. The fourth-order valence-corrected chi connectivity index (χ4v) is 3.55. The Hall–Kier alpha value is -2.51. The standard InChI is InChI=1S/C20H21ClN4O2S/c1-11-15(12(2)25(23-11)20(3,4)5)10-16-17(26)22-19(28)24(18(16)27)14-8-6-13(21)7-9-14/h6-10H,1-5H3,(H,22,26,28). The van der Waals surface area contributed by atoms with Crippen LogP contribution in [0.2, 0.25) is 5.02 Å². The molecule has 0 atom stereocenters. The van der Waals surface area contributed by atoms with Gasteiger partial charge in [0.1, 0.15) is 5.57 Å². The number of hydrogen-bond acceptors (Lipinski definition) is 4. The Morgan fingerprint density at radius 1 is 1.14 bits per heavy atom. The molecular weight excluding hydrogens is 396 g/mol. The van der Waals surface area contributed by atoms with E-state index in [0.717, 1.165) is 17.0 Å². The van der Waals surface area contributed by atoms with E-state index in [1.54, 1.807) is 30.3 Å². The second-order valence-corrected chi connectivity index (χ2v) is 8.42. The van der Waals surface area contributed by atoms with E-state index in [0.29, 0.717) is 10.7 Å². The van der Waals surface area contributed by atoms with Crippen molar-refractivity contribution in [1.82, 2.24) is 15.1 Å². The van der Waals surface area contributed by atoms with Gasteiger partial charge in [-0.15, -0.1) is 0 Å². The van der Waals surface area contributed by atoms with Gasteiger partial charge in [0.15, 0.2) is 5.11 Å². The van der Waals surface area contributed by atoms with Crippen LogP contribution in [-0.2, 0) is 15.1 Å². The minimum absolute atomic E-state index is 0.00297. The first kappa shape index (κ1) is 20.2. The maximum atomic E-state index is 13.1. The van der Waals surface area contributed by atoms with Gasteiger partial charge in [0.25, 0.3) is 11.8 Å². The molecule has 8 heteroatoms. The highest BCUT2D eigenvalue weighted by Crippen LogP contribution is 2.27. The van der Waals surface area contributed by atoms with Crippen molar-refractivity contribution in [1.29, 1.82) is 0 Å². The van der Waals surface area contributed by atoms with Crippen LogP contribution in [0.4, 0.5) is 5.69 Å². The lowest BCUT2D eigenvalue weighted by Gasteiger charge is -2.29. The molecule has 1 N–H and O–H groups in total. The largest absolute Gasteiger partial charge is 0.298 e. The quantitative estimate of drug-likeness (QED) is 0.460. The lowest BCUT2D eigenvalue weighted by Crippen LogP contribution is -2.54. The molecule has 6 nitrogen and oxygen atoms in total. The van der Waals surface area contributed by atoms with Gasteiger partial charge in [0.05, 0.1) is 16.9 Å². The molecule has 2 heterocycles. The highest BCUT2D eigenvalue weighted by atomic mass is 35.5. The monoisotopic (exact) mass is 416 g/mol. The zero-order valence-electron chi connectivity index (χ0n) is 16.3. The van der Waals surface area contributed by atoms with Crippen molar-refractivity contribution in [2.45, 2.75) is 40.2 Å². The van der Waals surface area contributed by atoms with Crippen molar-refractivity contribution in [3.63, 3.8) is 0 Å². The van der Waals surface area contributed by atoms with Crippen molar-refractivity contribution < 1.29 is 9.59 Å². The van der Waals surface area contributed by atoms with Gasteiger partial charge in [-0.25, -0.2) is 0 Å². The third kappa shape index (κ3) is 3.59. The first-order valence-corrected chi connectivity index (χ1v) is 9.53. The second kappa shape index (κ2) is 7.14. The van der Waals surface area contributed by atoms with E-state index in [1.165, 1.54) is 4.90 Å². The molecule has 0 unspecified atom stereocenters. The van der Waals surface area contributed by atoms with Crippen LogP contribution in [0.25, 0.3) is 6.08 Å². The number of aryl methyl sites for hydroxylation is 1. The predicted molar refractivity (Wildman–Crippen MR) is 114 cm³/mol. The van der Waals surface area contributed by atoms with Gasteiger partial charge in [0.2, 0.25) is 0 Å². The SMILES string of the molecule is Cc1nn(C(C)(C)C)c(C)c1C=C1C(=O)NC(=S)N(c2ccc(Cl)cc2)C1=O. The Balaban J connectivity index is 2.07. The van der Waals surface area contributed by atoms with Crippen LogP contribution < -0.4 is 10.2 Å². The number of nitrogens with one attached hydrogen (secondary N) is 1. The molecule has 0 aliphatic carbocycles. The molecule has 1 fully saturated rings. The smallest absolute Gasteiger partial charge is 0.270 e. The molecule has 146 valence electrons. The Kier molecular flexibility index (Phi) is 5.16. The Morgan fingerprint density at radius 2 is 1.75 bits per heavy atom. The molecule has 0 saturated carbocycles. The topological polar surface area (TPSA) is 67.2 Å². The molecular formula is C20H21ClN4O2S. The van der Waals surface area contributed by atoms with Crippen molar-refractivity contribution in [3.8, 4) is 0 Å². The van der Waals surface area contributed by atoms with Crippen molar-refractivity contribution >= 4 is 52.5 Å². The van der Waals surface area contributed by atoms with Gasteiger partial charge >= 0.3 is 0 Å². The summed E-state index contributed by atoms with van der Waals surface area (Å²) in [6.07, 6.45) is 1.59. The van der Waals surface area contributed by atoms with E-state index in [2.05, 4.69) is 10.4 Å². The summed E-state index contributed by atoms with van der Waals surface area (Å²) in [4.78, 5) is 26.9. The van der Waals surface area contributed by atoms with Crippen molar-refractivity contribution in [2.75, 3.05) is 4.90 Å². The molecule has 1 aliphatic rings. The summed E-state index contributed by atoms with van der Waals surface area (Å²) >= 11 is 11.1. The number of hydrogen-bond donors (Lipinski definition) is 1. The van der Waals surface area contributed by atoms with Crippen molar-refractivity contribution in [2.24, 2.45) is 0 Å². The molecule has 1 aromatic carbocycles. The van der Waals surface area contributed by atoms with Crippen LogP contribution in [0.15, 0.2) is 29.8 Å². The Labute approximate surface area is 174 Å². The zero-order valence-corrected chi connectivity index (χ0v) is 17.9. The maximum Gasteiger partial charge on any atom is 0.270 e. The van der Waals surface area contributed by atoms with Crippen LogP contribution >= 0.6 is 23.8 Å². The lowest BCUT2D eigenvalue weighted by molar-refractivity contribution is -0.122.